The molecule has 0 bridgehead atoms. The van der Waals surface area contributed by atoms with E-state index in [0.29, 0.717) is 6.42 Å². The molecule has 0 aliphatic rings. The van der Waals surface area contributed by atoms with Gasteiger partial charge in [0.2, 0.25) is 0 Å². The van der Waals surface area contributed by atoms with Gasteiger partial charge in [-0.1, -0.05) is 6.92 Å². The molecule has 0 spiro atoms. The Kier molecular flexibility index (Phi) is 5.25. The van der Waals surface area contributed by atoms with Crippen LogP contribution in [0.5, 0.6) is 0 Å². The summed E-state index contributed by atoms with van der Waals surface area (Å²) in [5.41, 5.74) is 0.548. The third-order valence-electron chi connectivity index (χ3n) is 2.35. The van der Waals surface area contributed by atoms with E-state index in [4.69, 9.17) is 15.3 Å². The minimum Gasteiger partial charge on any atom is -0.465 e. The average Bonchev–Trinajstić information content (AvgIpc) is 2.44. The molecule has 0 unspecified atom stereocenters. The highest BCUT2D eigenvalue weighted by atomic mass is 16.5. The van der Waals surface area contributed by atoms with Crippen LogP contribution in [0.2, 0.25) is 0 Å². The summed E-state index contributed by atoms with van der Waals surface area (Å²) >= 11 is 0. The van der Waals surface area contributed by atoms with Gasteiger partial charge in [-0.2, -0.15) is 10.5 Å². The zero-order valence-electron chi connectivity index (χ0n) is 10.5. The normalized spacial score (nSPS) is 9.21. The van der Waals surface area contributed by atoms with Crippen LogP contribution in [0, 0.1) is 22.7 Å². The molecule has 1 rings (SSSR count). The summed E-state index contributed by atoms with van der Waals surface area (Å²) in [6.07, 6.45) is 0.326. The van der Waals surface area contributed by atoms with E-state index < -0.39 is 11.8 Å². The lowest BCUT2D eigenvalue weighted by molar-refractivity contribution is -0.142. The predicted molar refractivity (Wildman–Crippen MR) is 66.1 cm³/mol. The van der Waals surface area contributed by atoms with Gasteiger partial charge in [0, 0.05) is 5.56 Å². The Morgan fingerprint density at radius 3 is 2.47 bits per heavy atom. The molecule has 0 aliphatic carbocycles. The standard InChI is InChI=1S/C14H12N2O3/c1-2-5-19-14(18)7-13(17)10-3-4-11(8-15)12(6-10)9-16/h3-4,6H,2,5,7H2,1H3. The van der Waals surface area contributed by atoms with Crippen molar-refractivity contribution in [1.82, 2.24) is 0 Å². The van der Waals surface area contributed by atoms with E-state index in [1.807, 2.05) is 19.1 Å². The Morgan fingerprint density at radius 2 is 1.89 bits per heavy atom. The van der Waals surface area contributed by atoms with Crippen LogP contribution < -0.4 is 0 Å². The quantitative estimate of drug-likeness (QED) is 0.456. The molecule has 0 radical (unpaired) electrons. The molecule has 0 saturated heterocycles. The maximum atomic E-state index is 11.8. The number of benzene rings is 1. The van der Waals surface area contributed by atoms with E-state index in [1.165, 1.54) is 18.2 Å². The topological polar surface area (TPSA) is 90.9 Å². The predicted octanol–water partition coefficient (Wildman–Crippen LogP) is 1.96. The van der Waals surface area contributed by atoms with Crippen LogP contribution in [0.3, 0.4) is 0 Å². The van der Waals surface area contributed by atoms with Crippen molar-refractivity contribution in [3.63, 3.8) is 0 Å². The summed E-state index contributed by atoms with van der Waals surface area (Å²) in [7, 11) is 0. The fourth-order valence-electron chi connectivity index (χ4n) is 1.41. The summed E-state index contributed by atoms with van der Waals surface area (Å²) in [6.45, 7) is 2.14. The van der Waals surface area contributed by atoms with Crippen LogP contribution in [0.1, 0.15) is 41.3 Å². The lowest BCUT2D eigenvalue weighted by atomic mass is 10.0. The van der Waals surface area contributed by atoms with E-state index in [2.05, 4.69) is 0 Å². The van der Waals surface area contributed by atoms with Crippen LogP contribution in [0.25, 0.3) is 0 Å². The lowest BCUT2D eigenvalue weighted by Crippen LogP contribution is -2.12. The molecular weight excluding hydrogens is 244 g/mol. The van der Waals surface area contributed by atoms with E-state index in [-0.39, 0.29) is 29.7 Å². The minimum absolute atomic E-state index is 0.121. The lowest BCUT2D eigenvalue weighted by Gasteiger charge is -2.03. The number of rotatable bonds is 5. The number of hydrogen-bond acceptors (Lipinski definition) is 5. The largest absolute Gasteiger partial charge is 0.465 e. The van der Waals surface area contributed by atoms with Gasteiger partial charge in [0.05, 0.1) is 17.7 Å². The molecule has 0 fully saturated rings. The molecule has 1 aromatic rings. The van der Waals surface area contributed by atoms with E-state index in [1.54, 1.807) is 0 Å². The highest BCUT2D eigenvalue weighted by Crippen LogP contribution is 2.12. The molecule has 0 aromatic heterocycles. The van der Waals surface area contributed by atoms with Crippen LogP contribution in [0.15, 0.2) is 18.2 Å². The van der Waals surface area contributed by atoms with Gasteiger partial charge >= 0.3 is 5.97 Å². The van der Waals surface area contributed by atoms with Crippen molar-refractivity contribution >= 4 is 11.8 Å². The maximum absolute atomic E-state index is 11.8. The number of esters is 1. The van der Waals surface area contributed by atoms with Crippen molar-refractivity contribution in [2.75, 3.05) is 6.61 Å². The van der Waals surface area contributed by atoms with E-state index in [9.17, 15) is 9.59 Å². The van der Waals surface area contributed by atoms with Crippen LogP contribution >= 0.6 is 0 Å². The second-order valence-corrected chi connectivity index (χ2v) is 3.80. The zero-order chi connectivity index (χ0) is 14.3. The van der Waals surface area contributed by atoms with Crippen LogP contribution in [-0.2, 0) is 9.53 Å². The van der Waals surface area contributed by atoms with Crippen molar-refractivity contribution in [1.29, 1.82) is 10.5 Å². The first kappa shape index (κ1) is 14.4. The molecule has 5 heteroatoms. The smallest absolute Gasteiger partial charge is 0.313 e. The molecule has 0 atom stereocenters. The maximum Gasteiger partial charge on any atom is 0.313 e. The van der Waals surface area contributed by atoms with Crippen molar-refractivity contribution in [2.45, 2.75) is 19.8 Å². The first-order valence-corrected chi connectivity index (χ1v) is 5.75. The molecule has 19 heavy (non-hydrogen) atoms. The average molecular weight is 256 g/mol. The second kappa shape index (κ2) is 6.93. The number of Topliss-reactive ketones (excluding diaryl/α,β-unsaturated/α-hetero) is 1. The Labute approximate surface area is 111 Å². The monoisotopic (exact) mass is 256 g/mol. The van der Waals surface area contributed by atoms with Crippen molar-refractivity contribution < 1.29 is 14.3 Å². The summed E-state index contributed by atoms with van der Waals surface area (Å²) in [6, 6.07) is 7.83. The number of ketones is 1. The van der Waals surface area contributed by atoms with Gasteiger partial charge in [0.1, 0.15) is 18.6 Å². The molecule has 0 amide bonds. The van der Waals surface area contributed by atoms with Gasteiger partial charge < -0.3 is 4.74 Å². The van der Waals surface area contributed by atoms with Gasteiger partial charge in [-0.15, -0.1) is 0 Å². The second-order valence-electron chi connectivity index (χ2n) is 3.80. The number of nitriles is 2. The fraction of sp³-hybridized carbons (Fsp3) is 0.286. The number of carbonyl (C=O) groups excluding carboxylic acids is 2. The van der Waals surface area contributed by atoms with Crippen LogP contribution in [-0.4, -0.2) is 18.4 Å². The molecule has 1 aromatic carbocycles. The third kappa shape index (κ3) is 3.93. The summed E-state index contributed by atoms with van der Waals surface area (Å²) in [5, 5.41) is 17.6. The SMILES string of the molecule is CCCOC(=O)CC(=O)c1ccc(C#N)c(C#N)c1. The first-order chi connectivity index (χ1) is 9.12. The van der Waals surface area contributed by atoms with Gasteiger partial charge in [-0.05, 0) is 24.6 Å². The van der Waals surface area contributed by atoms with Crippen molar-refractivity contribution in [3.05, 3.63) is 34.9 Å². The minimum atomic E-state index is -0.588. The Hall–Kier alpha value is -2.66. The van der Waals surface area contributed by atoms with E-state index >= 15 is 0 Å². The fourth-order valence-corrected chi connectivity index (χ4v) is 1.41. The van der Waals surface area contributed by atoms with Crippen molar-refractivity contribution in [3.8, 4) is 12.1 Å². The third-order valence-corrected chi connectivity index (χ3v) is 2.35. The molecule has 0 aliphatic heterocycles. The molecule has 96 valence electrons. The molecular formula is C14H12N2O3. The Morgan fingerprint density at radius 1 is 1.21 bits per heavy atom. The zero-order valence-corrected chi connectivity index (χ0v) is 10.5. The van der Waals surface area contributed by atoms with Gasteiger partial charge in [0.25, 0.3) is 0 Å². The number of carbonyl (C=O) groups is 2. The highest BCUT2D eigenvalue weighted by Gasteiger charge is 2.14. The summed E-state index contributed by atoms with van der Waals surface area (Å²) in [4.78, 5) is 23.1. The number of ether oxygens (including phenoxy) is 1. The van der Waals surface area contributed by atoms with Gasteiger partial charge in [-0.25, -0.2) is 0 Å². The Bertz CT molecular complexity index is 579. The summed E-state index contributed by atoms with van der Waals surface area (Å²) in [5.74, 6) is -1.02. The molecule has 0 saturated carbocycles. The van der Waals surface area contributed by atoms with E-state index in [0.717, 1.165) is 0 Å². The molecule has 5 nitrogen and oxygen atoms in total. The number of nitrogens with zero attached hydrogens (tertiary/aromatic N) is 2. The summed E-state index contributed by atoms with van der Waals surface area (Å²) < 4.78 is 4.81. The molecule has 0 N–H and O–H groups in total. The highest BCUT2D eigenvalue weighted by molar-refractivity contribution is 6.06. The van der Waals surface area contributed by atoms with Gasteiger partial charge in [0.15, 0.2) is 5.78 Å². The Balaban J connectivity index is 2.82. The first-order valence-electron chi connectivity index (χ1n) is 5.75. The van der Waals surface area contributed by atoms with Gasteiger partial charge in [-0.3, -0.25) is 9.59 Å². The van der Waals surface area contributed by atoms with Crippen molar-refractivity contribution in [2.24, 2.45) is 0 Å². The molecule has 0 heterocycles. The number of hydrogen-bond donors (Lipinski definition) is 0. The van der Waals surface area contributed by atoms with Crippen LogP contribution in [0.4, 0.5) is 0 Å².